The van der Waals surface area contributed by atoms with Crippen molar-refractivity contribution in [3.63, 3.8) is 0 Å². The third-order valence-corrected chi connectivity index (χ3v) is 3.99. The molecule has 0 aliphatic rings. The number of amides is 1. The van der Waals surface area contributed by atoms with E-state index in [-0.39, 0.29) is 12.3 Å². The molecule has 2 aromatic carbocycles. The van der Waals surface area contributed by atoms with Crippen LogP contribution in [0.4, 0.5) is 0 Å². The molecule has 0 spiro atoms. The molecule has 1 amide bonds. The van der Waals surface area contributed by atoms with Crippen molar-refractivity contribution < 1.29 is 23.8 Å². The smallest absolute Gasteiger partial charge is 0.338 e. The summed E-state index contributed by atoms with van der Waals surface area (Å²) < 4.78 is 10.3. The van der Waals surface area contributed by atoms with Gasteiger partial charge in [-0.1, -0.05) is 24.3 Å². The van der Waals surface area contributed by atoms with Crippen LogP contribution in [0.3, 0.4) is 0 Å². The third-order valence-electron chi connectivity index (χ3n) is 3.99. The quantitative estimate of drug-likeness (QED) is 0.653. The number of benzene rings is 2. The van der Waals surface area contributed by atoms with Gasteiger partial charge in [0, 0.05) is 0 Å². The van der Waals surface area contributed by atoms with E-state index < -0.39 is 18.0 Å². The maximum atomic E-state index is 12.2. The molecule has 0 aliphatic heterocycles. The summed E-state index contributed by atoms with van der Waals surface area (Å²) in [6.45, 7) is 1.75. The number of hydrogen-bond donors (Lipinski definition) is 2. The SMILES string of the molecule is CC(OC(=O)c1ccc(-c2ccc(O)cc2)cc1)C(=O)NCc1ccco1. The number of phenols is 1. The van der Waals surface area contributed by atoms with Crippen molar-refractivity contribution >= 4 is 11.9 Å². The number of furan rings is 1. The first kappa shape index (κ1) is 18.3. The first-order valence-electron chi connectivity index (χ1n) is 8.43. The molecule has 0 aliphatic carbocycles. The van der Waals surface area contributed by atoms with E-state index in [9.17, 15) is 14.7 Å². The van der Waals surface area contributed by atoms with Gasteiger partial charge < -0.3 is 19.6 Å². The summed E-state index contributed by atoms with van der Waals surface area (Å²) in [6.07, 6.45) is 0.594. The van der Waals surface area contributed by atoms with Gasteiger partial charge in [0.1, 0.15) is 11.5 Å². The van der Waals surface area contributed by atoms with Crippen LogP contribution in [0.15, 0.2) is 71.3 Å². The Morgan fingerprint density at radius 1 is 1.04 bits per heavy atom. The van der Waals surface area contributed by atoms with Crippen LogP contribution in [0.1, 0.15) is 23.0 Å². The molecule has 27 heavy (non-hydrogen) atoms. The second-order valence-electron chi connectivity index (χ2n) is 5.97. The van der Waals surface area contributed by atoms with Gasteiger partial charge in [-0.25, -0.2) is 4.79 Å². The molecule has 0 bridgehead atoms. The van der Waals surface area contributed by atoms with E-state index in [4.69, 9.17) is 9.15 Å². The van der Waals surface area contributed by atoms with Crippen LogP contribution in [-0.2, 0) is 16.1 Å². The molecule has 6 nitrogen and oxygen atoms in total. The molecule has 1 aromatic heterocycles. The number of hydrogen-bond acceptors (Lipinski definition) is 5. The maximum absolute atomic E-state index is 12.2. The average Bonchev–Trinajstić information content (AvgIpc) is 3.20. The van der Waals surface area contributed by atoms with Crippen molar-refractivity contribution in [2.24, 2.45) is 0 Å². The Hall–Kier alpha value is -3.54. The second-order valence-corrected chi connectivity index (χ2v) is 5.97. The summed E-state index contributed by atoms with van der Waals surface area (Å²) in [7, 11) is 0. The Labute approximate surface area is 156 Å². The van der Waals surface area contributed by atoms with E-state index in [0.717, 1.165) is 11.1 Å². The molecule has 1 heterocycles. The standard InChI is InChI=1S/C21H19NO5/c1-14(20(24)22-13-19-3-2-12-26-19)27-21(25)17-6-4-15(5-7-17)16-8-10-18(23)11-9-16/h2-12,14,23H,13H2,1H3,(H,22,24). The van der Waals surface area contributed by atoms with E-state index in [0.29, 0.717) is 11.3 Å². The molecule has 6 heteroatoms. The van der Waals surface area contributed by atoms with Crippen molar-refractivity contribution in [1.82, 2.24) is 5.32 Å². The third kappa shape index (κ3) is 4.76. The Morgan fingerprint density at radius 2 is 1.67 bits per heavy atom. The fourth-order valence-corrected chi connectivity index (χ4v) is 2.47. The zero-order valence-corrected chi connectivity index (χ0v) is 14.7. The number of carbonyl (C=O) groups excluding carboxylic acids is 2. The van der Waals surface area contributed by atoms with Crippen molar-refractivity contribution in [1.29, 1.82) is 0 Å². The minimum Gasteiger partial charge on any atom is -0.508 e. The molecule has 3 aromatic rings. The van der Waals surface area contributed by atoms with Gasteiger partial charge in [0.15, 0.2) is 6.10 Å². The minimum atomic E-state index is -0.927. The molecule has 1 unspecified atom stereocenters. The molecule has 0 saturated carbocycles. The highest BCUT2D eigenvalue weighted by Crippen LogP contribution is 2.22. The zero-order chi connectivity index (χ0) is 19.2. The molecule has 0 radical (unpaired) electrons. The average molecular weight is 365 g/mol. The largest absolute Gasteiger partial charge is 0.508 e. The summed E-state index contributed by atoms with van der Waals surface area (Å²) in [5.74, 6) is -0.168. The topological polar surface area (TPSA) is 88.8 Å². The van der Waals surface area contributed by atoms with Gasteiger partial charge in [0.2, 0.25) is 0 Å². The number of esters is 1. The lowest BCUT2D eigenvalue weighted by Crippen LogP contribution is -2.35. The number of aromatic hydroxyl groups is 1. The minimum absolute atomic E-state index is 0.193. The van der Waals surface area contributed by atoms with Crippen LogP contribution < -0.4 is 5.32 Å². The van der Waals surface area contributed by atoms with Gasteiger partial charge in [-0.2, -0.15) is 0 Å². The molecule has 1 atom stereocenters. The van der Waals surface area contributed by atoms with Gasteiger partial charge in [0.25, 0.3) is 5.91 Å². The Morgan fingerprint density at radius 3 is 2.26 bits per heavy atom. The molecule has 138 valence electrons. The van der Waals surface area contributed by atoms with Crippen molar-refractivity contribution in [3.8, 4) is 16.9 Å². The Balaban J connectivity index is 1.56. The number of nitrogens with one attached hydrogen (secondary N) is 1. The van der Waals surface area contributed by atoms with Crippen LogP contribution in [0, 0.1) is 0 Å². The van der Waals surface area contributed by atoms with Gasteiger partial charge in [0.05, 0.1) is 18.4 Å². The zero-order valence-electron chi connectivity index (χ0n) is 14.7. The van der Waals surface area contributed by atoms with Gasteiger partial charge in [-0.05, 0) is 54.4 Å². The summed E-state index contributed by atoms with van der Waals surface area (Å²) in [5, 5.41) is 12.0. The van der Waals surface area contributed by atoms with Gasteiger partial charge >= 0.3 is 5.97 Å². The Bertz CT molecular complexity index is 899. The molecule has 3 rings (SSSR count). The summed E-state index contributed by atoms with van der Waals surface area (Å²) in [6, 6.07) is 17.1. The highest BCUT2D eigenvalue weighted by molar-refractivity contribution is 5.92. The van der Waals surface area contributed by atoms with Crippen LogP contribution in [0.25, 0.3) is 11.1 Å². The molecule has 0 fully saturated rings. The van der Waals surface area contributed by atoms with Crippen molar-refractivity contribution in [2.45, 2.75) is 19.6 Å². The molecule has 0 saturated heterocycles. The lowest BCUT2D eigenvalue weighted by molar-refractivity contribution is -0.129. The van der Waals surface area contributed by atoms with Gasteiger partial charge in [-0.15, -0.1) is 0 Å². The number of ether oxygens (including phenoxy) is 1. The maximum Gasteiger partial charge on any atom is 0.338 e. The highest BCUT2D eigenvalue weighted by Gasteiger charge is 2.19. The van der Waals surface area contributed by atoms with Crippen molar-refractivity contribution in [2.75, 3.05) is 0 Å². The monoisotopic (exact) mass is 365 g/mol. The number of rotatable bonds is 6. The van der Waals surface area contributed by atoms with Gasteiger partial charge in [-0.3, -0.25) is 4.79 Å². The van der Waals surface area contributed by atoms with E-state index in [1.54, 1.807) is 60.7 Å². The first-order valence-corrected chi connectivity index (χ1v) is 8.43. The number of phenolic OH excluding ortho intramolecular Hbond substituents is 1. The van der Waals surface area contributed by atoms with Crippen molar-refractivity contribution in [3.05, 3.63) is 78.3 Å². The van der Waals surface area contributed by atoms with E-state index in [2.05, 4.69) is 5.32 Å². The summed E-state index contributed by atoms with van der Waals surface area (Å²) in [4.78, 5) is 24.3. The highest BCUT2D eigenvalue weighted by atomic mass is 16.5. The predicted octanol–water partition coefficient (Wildman–Crippen LogP) is 3.51. The van der Waals surface area contributed by atoms with Crippen LogP contribution in [0.5, 0.6) is 5.75 Å². The normalized spacial score (nSPS) is 11.6. The van der Waals surface area contributed by atoms with E-state index in [1.807, 2.05) is 0 Å². The predicted molar refractivity (Wildman–Crippen MR) is 99.0 cm³/mol. The van der Waals surface area contributed by atoms with Crippen LogP contribution in [-0.4, -0.2) is 23.1 Å². The molecule has 2 N–H and O–H groups in total. The number of carbonyl (C=O) groups is 2. The fourth-order valence-electron chi connectivity index (χ4n) is 2.47. The summed E-state index contributed by atoms with van der Waals surface area (Å²) >= 11 is 0. The van der Waals surface area contributed by atoms with Crippen LogP contribution >= 0.6 is 0 Å². The van der Waals surface area contributed by atoms with E-state index >= 15 is 0 Å². The second kappa shape index (κ2) is 8.23. The molecular weight excluding hydrogens is 346 g/mol. The first-order chi connectivity index (χ1) is 13.0. The molecular formula is C21H19NO5. The lowest BCUT2D eigenvalue weighted by Gasteiger charge is -2.13. The Kier molecular flexibility index (Phi) is 5.56. The lowest BCUT2D eigenvalue weighted by atomic mass is 10.0. The van der Waals surface area contributed by atoms with E-state index in [1.165, 1.54) is 13.2 Å². The fraction of sp³-hybridized carbons (Fsp3) is 0.143. The summed E-state index contributed by atoms with van der Waals surface area (Å²) in [5.41, 5.74) is 2.16. The van der Waals surface area contributed by atoms with Crippen LogP contribution in [0.2, 0.25) is 0 Å².